The van der Waals surface area contributed by atoms with Gasteiger partial charge in [0, 0.05) is 18.7 Å². The first-order chi connectivity index (χ1) is 9.92. The molecule has 1 aromatic carbocycles. The summed E-state index contributed by atoms with van der Waals surface area (Å²) < 4.78 is 40.7. The second kappa shape index (κ2) is 6.46. The van der Waals surface area contributed by atoms with Crippen LogP contribution < -0.4 is 10.0 Å². The van der Waals surface area contributed by atoms with Gasteiger partial charge in [-0.2, -0.15) is 0 Å². The summed E-state index contributed by atoms with van der Waals surface area (Å²) in [4.78, 5) is 9.10. The first-order valence-electron chi connectivity index (χ1n) is 6.58. The van der Waals surface area contributed by atoms with Gasteiger partial charge in [-0.05, 0) is 25.5 Å². The zero-order chi connectivity index (χ0) is 15.5. The Morgan fingerprint density at radius 1 is 1.38 bits per heavy atom. The summed E-state index contributed by atoms with van der Waals surface area (Å²) in [5.74, 6) is -1.13. The molecule has 2 N–H and O–H groups in total. The minimum Gasteiger partial charge on any atom is -0.315 e. The highest BCUT2D eigenvalue weighted by Crippen LogP contribution is 2.26. The van der Waals surface area contributed by atoms with Crippen LogP contribution in [0.4, 0.5) is 10.1 Å². The lowest BCUT2D eigenvalue weighted by Gasteiger charge is -2.16. The second-order valence-electron chi connectivity index (χ2n) is 4.86. The molecule has 116 valence electrons. The van der Waals surface area contributed by atoms with Crippen LogP contribution in [0, 0.1) is 15.9 Å². The fourth-order valence-corrected chi connectivity index (χ4v) is 3.81. The molecule has 9 heteroatoms. The molecule has 1 atom stereocenters. The number of nitro benzene ring substituents is 1. The van der Waals surface area contributed by atoms with Gasteiger partial charge in [-0.3, -0.25) is 10.1 Å². The fourth-order valence-electron chi connectivity index (χ4n) is 2.31. The molecule has 2 rings (SSSR count). The highest BCUT2D eigenvalue weighted by atomic mass is 32.2. The fraction of sp³-hybridized carbons (Fsp3) is 0.500. The van der Waals surface area contributed by atoms with Crippen LogP contribution in [0.5, 0.6) is 0 Å². The molecule has 21 heavy (non-hydrogen) atoms. The van der Waals surface area contributed by atoms with E-state index in [1.165, 1.54) is 0 Å². The van der Waals surface area contributed by atoms with E-state index in [0.29, 0.717) is 13.0 Å². The van der Waals surface area contributed by atoms with Crippen molar-refractivity contribution in [2.45, 2.75) is 30.2 Å². The predicted octanol–water partition coefficient (Wildman–Crippen LogP) is 1.15. The molecule has 1 aliphatic heterocycles. The molecular formula is C12H16FN3O4S. The van der Waals surface area contributed by atoms with Gasteiger partial charge in [0.2, 0.25) is 0 Å². The lowest BCUT2D eigenvalue weighted by molar-refractivity contribution is -0.388. The zero-order valence-electron chi connectivity index (χ0n) is 11.2. The van der Waals surface area contributed by atoms with Crippen molar-refractivity contribution in [2.24, 2.45) is 0 Å². The number of sulfonamides is 1. The van der Waals surface area contributed by atoms with Gasteiger partial charge in [0.1, 0.15) is 5.82 Å². The van der Waals surface area contributed by atoms with Crippen molar-refractivity contribution in [3.8, 4) is 0 Å². The molecule has 1 heterocycles. The van der Waals surface area contributed by atoms with E-state index in [4.69, 9.17) is 0 Å². The van der Waals surface area contributed by atoms with Gasteiger partial charge in [0.15, 0.2) is 4.90 Å². The van der Waals surface area contributed by atoms with Gasteiger partial charge in [-0.25, -0.2) is 17.5 Å². The van der Waals surface area contributed by atoms with Crippen molar-refractivity contribution in [1.29, 1.82) is 0 Å². The van der Waals surface area contributed by atoms with Crippen LogP contribution in [0.2, 0.25) is 0 Å². The van der Waals surface area contributed by atoms with Gasteiger partial charge in [0.25, 0.3) is 15.7 Å². The van der Waals surface area contributed by atoms with Crippen LogP contribution in [-0.4, -0.2) is 32.5 Å². The van der Waals surface area contributed by atoms with Gasteiger partial charge in [0.05, 0.1) is 4.92 Å². The molecule has 0 radical (unpaired) electrons. The number of nitrogens with one attached hydrogen (secondary N) is 2. The summed E-state index contributed by atoms with van der Waals surface area (Å²) >= 11 is 0. The van der Waals surface area contributed by atoms with Crippen LogP contribution in [0.25, 0.3) is 0 Å². The van der Waals surface area contributed by atoms with E-state index in [2.05, 4.69) is 10.0 Å². The van der Waals surface area contributed by atoms with Crippen molar-refractivity contribution in [2.75, 3.05) is 13.1 Å². The molecule has 0 aromatic heterocycles. The summed E-state index contributed by atoms with van der Waals surface area (Å²) in [7, 11) is -4.29. The number of hydrogen-bond donors (Lipinski definition) is 2. The van der Waals surface area contributed by atoms with E-state index >= 15 is 0 Å². The highest BCUT2D eigenvalue weighted by molar-refractivity contribution is 7.89. The Kier molecular flexibility index (Phi) is 4.86. The average Bonchev–Trinajstić information content (AvgIpc) is 2.66. The van der Waals surface area contributed by atoms with E-state index in [1.54, 1.807) is 0 Å². The van der Waals surface area contributed by atoms with Crippen molar-refractivity contribution >= 4 is 15.7 Å². The number of nitrogens with zero attached hydrogens (tertiary/aromatic N) is 1. The van der Waals surface area contributed by atoms with Crippen LogP contribution in [0.3, 0.4) is 0 Å². The Balaban J connectivity index is 2.33. The third kappa shape index (κ3) is 3.74. The molecule has 0 bridgehead atoms. The van der Waals surface area contributed by atoms with E-state index in [-0.39, 0.29) is 0 Å². The SMILES string of the molecule is O=[N+]([O-])c1cccc(F)c1S(=O)(=O)NC1CCCCNC1. The van der Waals surface area contributed by atoms with E-state index in [1.807, 2.05) is 0 Å². The van der Waals surface area contributed by atoms with Crippen LogP contribution >= 0.6 is 0 Å². The lowest BCUT2D eigenvalue weighted by atomic mass is 10.2. The Hall–Kier alpha value is -1.58. The summed E-state index contributed by atoms with van der Waals surface area (Å²) in [5.41, 5.74) is -0.760. The Morgan fingerprint density at radius 2 is 2.14 bits per heavy atom. The molecule has 1 unspecified atom stereocenters. The predicted molar refractivity (Wildman–Crippen MR) is 73.9 cm³/mol. The summed E-state index contributed by atoms with van der Waals surface area (Å²) in [5, 5.41) is 14.0. The molecular weight excluding hydrogens is 301 g/mol. The molecule has 1 fully saturated rings. The molecule has 0 amide bonds. The topological polar surface area (TPSA) is 101 Å². The number of hydrogen-bond acceptors (Lipinski definition) is 5. The molecule has 0 aliphatic carbocycles. The maximum Gasteiger partial charge on any atom is 0.292 e. The minimum atomic E-state index is -4.29. The van der Waals surface area contributed by atoms with E-state index in [9.17, 15) is 22.9 Å². The maximum absolute atomic E-state index is 13.8. The second-order valence-corrected chi connectivity index (χ2v) is 6.51. The van der Waals surface area contributed by atoms with Crippen LogP contribution in [0.1, 0.15) is 19.3 Å². The molecule has 0 spiro atoms. The lowest BCUT2D eigenvalue weighted by Crippen LogP contribution is -2.41. The van der Waals surface area contributed by atoms with Crippen LogP contribution in [0.15, 0.2) is 23.1 Å². The van der Waals surface area contributed by atoms with Crippen molar-refractivity contribution in [1.82, 2.24) is 10.0 Å². The molecule has 0 saturated carbocycles. The van der Waals surface area contributed by atoms with E-state index < -0.39 is 37.4 Å². The Morgan fingerprint density at radius 3 is 2.86 bits per heavy atom. The van der Waals surface area contributed by atoms with Gasteiger partial charge >= 0.3 is 0 Å². The maximum atomic E-state index is 13.8. The number of nitro groups is 1. The van der Waals surface area contributed by atoms with Gasteiger partial charge < -0.3 is 5.32 Å². The quantitative estimate of drug-likeness (QED) is 0.641. The third-order valence-corrected chi connectivity index (χ3v) is 4.87. The monoisotopic (exact) mass is 317 g/mol. The number of halogens is 1. The van der Waals surface area contributed by atoms with E-state index in [0.717, 1.165) is 37.6 Å². The zero-order valence-corrected chi connectivity index (χ0v) is 12.0. The highest BCUT2D eigenvalue weighted by Gasteiger charge is 2.31. The molecule has 7 nitrogen and oxygen atoms in total. The number of benzene rings is 1. The van der Waals surface area contributed by atoms with Crippen LogP contribution in [-0.2, 0) is 10.0 Å². The Bertz CT molecular complexity index is 627. The van der Waals surface area contributed by atoms with Crippen molar-refractivity contribution < 1.29 is 17.7 Å². The largest absolute Gasteiger partial charge is 0.315 e. The smallest absolute Gasteiger partial charge is 0.292 e. The van der Waals surface area contributed by atoms with Crippen molar-refractivity contribution in [3.63, 3.8) is 0 Å². The number of rotatable bonds is 4. The first-order valence-corrected chi connectivity index (χ1v) is 8.06. The first kappa shape index (κ1) is 15.8. The summed E-state index contributed by atoms with van der Waals surface area (Å²) in [6, 6.07) is 2.58. The summed E-state index contributed by atoms with van der Waals surface area (Å²) in [6.45, 7) is 1.21. The molecule has 1 aromatic rings. The minimum absolute atomic E-state index is 0.406. The molecule has 1 aliphatic rings. The third-order valence-electron chi connectivity index (χ3n) is 3.28. The van der Waals surface area contributed by atoms with Gasteiger partial charge in [-0.15, -0.1) is 0 Å². The standard InChI is InChI=1S/C12H16FN3O4S/c13-10-5-3-6-11(16(17)18)12(10)21(19,20)15-9-4-1-2-7-14-8-9/h3,5-6,9,14-15H,1-2,4,7-8H2. The summed E-state index contributed by atoms with van der Waals surface area (Å²) in [6.07, 6.45) is 2.37. The van der Waals surface area contributed by atoms with Gasteiger partial charge in [-0.1, -0.05) is 12.5 Å². The average molecular weight is 317 g/mol. The normalized spacial score (nSPS) is 20.0. The van der Waals surface area contributed by atoms with Crippen molar-refractivity contribution in [3.05, 3.63) is 34.1 Å². The molecule has 1 saturated heterocycles. The Labute approximate surface area is 121 Å².